The van der Waals surface area contributed by atoms with Crippen LogP contribution in [-0.4, -0.2) is 13.1 Å². The second kappa shape index (κ2) is 6.09. The van der Waals surface area contributed by atoms with Gasteiger partial charge >= 0.3 is 0 Å². The van der Waals surface area contributed by atoms with E-state index >= 15 is 0 Å². The molecule has 5 heteroatoms. The van der Waals surface area contributed by atoms with Gasteiger partial charge in [-0.2, -0.15) is 0 Å². The summed E-state index contributed by atoms with van der Waals surface area (Å²) in [6, 6.07) is 1.75. The number of hydrogen-bond donors (Lipinski definition) is 1. The second-order valence-electron chi connectivity index (χ2n) is 5.65. The number of halogens is 3. The predicted molar refractivity (Wildman–Crippen MR) is 73.0 cm³/mol. The summed E-state index contributed by atoms with van der Waals surface area (Å²) in [4.78, 5) is 10.7. The van der Waals surface area contributed by atoms with E-state index in [-0.39, 0.29) is 23.1 Å². The summed E-state index contributed by atoms with van der Waals surface area (Å²) in [6.07, 6.45) is 0.108. The van der Waals surface area contributed by atoms with E-state index in [0.29, 0.717) is 18.2 Å². The van der Waals surface area contributed by atoms with E-state index in [4.69, 9.17) is 0 Å². The van der Waals surface area contributed by atoms with E-state index in [1.165, 1.54) is 0 Å². The highest BCUT2D eigenvalue weighted by molar-refractivity contribution is 6.75. The molecule has 0 aliphatic carbocycles. The largest absolute Gasteiger partial charge is 0.431 e. The summed E-state index contributed by atoms with van der Waals surface area (Å²) in [5.74, 6) is -2.67. The van der Waals surface area contributed by atoms with Crippen LogP contribution in [0.2, 0.25) is 17.1 Å². The van der Waals surface area contributed by atoms with Crippen molar-refractivity contribution >= 4 is 8.32 Å². The molecule has 0 heterocycles. The van der Waals surface area contributed by atoms with Crippen LogP contribution in [0.1, 0.15) is 33.3 Å². The number of rotatable bonds is 5. The Kier molecular flexibility index (Phi) is 5.21. The highest BCUT2D eigenvalue weighted by Gasteiger charge is 2.38. The van der Waals surface area contributed by atoms with Crippen LogP contribution in [0.4, 0.5) is 13.2 Å². The Labute approximate surface area is 113 Å². The predicted octanol–water partition coefficient (Wildman–Crippen LogP) is 4.40. The lowest BCUT2D eigenvalue weighted by atomic mass is 10.1. The normalized spacial score (nSPS) is 12.5. The van der Waals surface area contributed by atoms with Crippen molar-refractivity contribution in [1.82, 2.24) is 0 Å². The summed E-state index contributed by atoms with van der Waals surface area (Å²) in [6.45, 7) is 7.74. The van der Waals surface area contributed by atoms with Crippen molar-refractivity contribution < 1.29 is 18.0 Å². The lowest BCUT2D eigenvalue weighted by Crippen LogP contribution is -2.41. The minimum Gasteiger partial charge on any atom is -0.431 e. The molecule has 0 fully saturated rings. The van der Waals surface area contributed by atoms with Crippen LogP contribution in [0.3, 0.4) is 0 Å². The molecular weight excluding hydrogens is 269 g/mol. The molecule has 0 aliphatic heterocycles. The topological polar surface area (TPSA) is 20.2 Å². The Balaban J connectivity index is 2.93. The van der Waals surface area contributed by atoms with Gasteiger partial charge in [0.15, 0.2) is 8.32 Å². The van der Waals surface area contributed by atoms with Crippen molar-refractivity contribution in [3.8, 4) is 0 Å². The number of benzene rings is 1. The van der Waals surface area contributed by atoms with Crippen LogP contribution < -0.4 is 0 Å². The zero-order valence-corrected chi connectivity index (χ0v) is 12.8. The van der Waals surface area contributed by atoms with Gasteiger partial charge in [-0.05, 0) is 23.5 Å². The third kappa shape index (κ3) is 3.60. The van der Waals surface area contributed by atoms with E-state index in [2.05, 4.69) is 0 Å². The summed E-state index contributed by atoms with van der Waals surface area (Å²) in [7, 11) is -2.57. The van der Waals surface area contributed by atoms with Crippen molar-refractivity contribution in [2.45, 2.75) is 51.2 Å². The van der Waals surface area contributed by atoms with E-state index in [0.717, 1.165) is 0 Å². The molecule has 0 saturated carbocycles. The van der Waals surface area contributed by atoms with Crippen molar-refractivity contribution in [2.75, 3.05) is 0 Å². The van der Waals surface area contributed by atoms with Gasteiger partial charge in [0.2, 0.25) is 0 Å². The molecule has 0 amide bonds. The minimum absolute atomic E-state index is 0.108. The standard InChI is InChI=1S/C14H21F3OSi/c1-9(2)19(18,10(3)4)6-5-12-13(16)7-11(15)8-14(12)17/h7-10,18H,5-6H2,1-4H3. The van der Waals surface area contributed by atoms with E-state index in [9.17, 15) is 18.0 Å². The van der Waals surface area contributed by atoms with E-state index < -0.39 is 25.8 Å². The van der Waals surface area contributed by atoms with Crippen molar-refractivity contribution in [2.24, 2.45) is 0 Å². The maximum Gasteiger partial charge on any atom is 0.193 e. The first kappa shape index (κ1) is 16.2. The van der Waals surface area contributed by atoms with Crippen molar-refractivity contribution in [3.05, 3.63) is 35.1 Å². The van der Waals surface area contributed by atoms with Crippen LogP contribution >= 0.6 is 0 Å². The first-order chi connectivity index (χ1) is 8.68. The fraction of sp³-hybridized carbons (Fsp3) is 0.571. The van der Waals surface area contributed by atoms with Gasteiger partial charge in [-0.3, -0.25) is 0 Å². The van der Waals surface area contributed by atoms with Crippen LogP contribution in [0.25, 0.3) is 0 Å². The summed E-state index contributed by atoms with van der Waals surface area (Å²) in [5.41, 5.74) is 0.0896. The molecule has 0 atom stereocenters. The minimum atomic E-state index is -2.57. The maximum absolute atomic E-state index is 13.5. The molecule has 19 heavy (non-hydrogen) atoms. The monoisotopic (exact) mass is 290 g/mol. The van der Waals surface area contributed by atoms with Gasteiger partial charge in [-0.1, -0.05) is 27.7 Å². The summed E-state index contributed by atoms with van der Waals surface area (Å²) < 4.78 is 39.9. The highest BCUT2D eigenvalue weighted by atomic mass is 28.4. The molecule has 0 saturated heterocycles. The average molecular weight is 290 g/mol. The molecule has 0 spiro atoms. The Morgan fingerprint density at radius 2 is 1.42 bits per heavy atom. The third-order valence-electron chi connectivity index (χ3n) is 3.88. The molecule has 0 aromatic heterocycles. The summed E-state index contributed by atoms with van der Waals surface area (Å²) in [5, 5.41) is 0. The zero-order valence-electron chi connectivity index (χ0n) is 11.8. The molecule has 1 aromatic rings. The second-order valence-corrected chi connectivity index (χ2v) is 10.4. The fourth-order valence-corrected chi connectivity index (χ4v) is 5.52. The smallest absolute Gasteiger partial charge is 0.193 e. The van der Waals surface area contributed by atoms with Crippen molar-refractivity contribution in [1.29, 1.82) is 0 Å². The molecule has 108 valence electrons. The van der Waals surface area contributed by atoms with Gasteiger partial charge in [0.05, 0.1) is 0 Å². The van der Waals surface area contributed by atoms with Crippen LogP contribution in [0, 0.1) is 17.5 Å². The SMILES string of the molecule is CC(C)[Si](O)(CCc1c(F)cc(F)cc1F)C(C)C. The van der Waals surface area contributed by atoms with Gasteiger partial charge in [-0.15, -0.1) is 0 Å². The Morgan fingerprint density at radius 3 is 1.79 bits per heavy atom. The van der Waals surface area contributed by atoms with Gasteiger partial charge in [0.25, 0.3) is 0 Å². The molecule has 0 unspecified atom stereocenters. The molecule has 0 bridgehead atoms. The van der Waals surface area contributed by atoms with Crippen LogP contribution in [0.15, 0.2) is 12.1 Å². The van der Waals surface area contributed by atoms with Crippen LogP contribution in [-0.2, 0) is 6.42 Å². The average Bonchev–Trinajstić information content (AvgIpc) is 2.26. The van der Waals surface area contributed by atoms with Crippen LogP contribution in [0.5, 0.6) is 0 Å². The summed E-state index contributed by atoms with van der Waals surface area (Å²) >= 11 is 0. The fourth-order valence-electron chi connectivity index (χ4n) is 2.38. The van der Waals surface area contributed by atoms with E-state index in [1.807, 2.05) is 27.7 Å². The van der Waals surface area contributed by atoms with Crippen molar-refractivity contribution in [3.63, 3.8) is 0 Å². The van der Waals surface area contributed by atoms with Gasteiger partial charge in [0.1, 0.15) is 17.5 Å². The molecule has 1 aromatic carbocycles. The molecule has 1 rings (SSSR count). The lowest BCUT2D eigenvalue weighted by Gasteiger charge is -2.33. The first-order valence-corrected chi connectivity index (χ1v) is 8.85. The Morgan fingerprint density at radius 1 is 1.00 bits per heavy atom. The quantitative estimate of drug-likeness (QED) is 0.797. The molecule has 0 aliphatic rings. The Hall–Kier alpha value is -0.813. The first-order valence-electron chi connectivity index (χ1n) is 6.54. The highest BCUT2D eigenvalue weighted by Crippen LogP contribution is 2.34. The Bertz CT molecular complexity index is 415. The number of hydrogen-bond acceptors (Lipinski definition) is 1. The van der Waals surface area contributed by atoms with Gasteiger partial charge in [0, 0.05) is 17.7 Å². The molecule has 0 radical (unpaired) electrons. The van der Waals surface area contributed by atoms with Gasteiger partial charge < -0.3 is 4.80 Å². The maximum atomic E-state index is 13.5. The lowest BCUT2D eigenvalue weighted by molar-refractivity contribution is 0.483. The molecule has 1 nitrogen and oxygen atoms in total. The van der Waals surface area contributed by atoms with Gasteiger partial charge in [-0.25, -0.2) is 13.2 Å². The van der Waals surface area contributed by atoms with E-state index in [1.54, 1.807) is 0 Å². The molecule has 1 N–H and O–H groups in total. The molecular formula is C14H21F3OSi. The zero-order chi connectivity index (χ0) is 14.8. The third-order valence-corrected chi connectivity index (χ3v) is 8.93.